The van der Waals surface area contributed by atoms with Crippen molar-refractivity contribution in [2.45, 2.75) is 26.3 Å². The van der Waals surface area contributed by atoms with E-state index < -0.39 is 0 Å². The smallest absolute Gasteiger partial charge is 0.0724 e. The second-order valence-electron chi connectivity index (χ2n) is 4.72. The molecule has 0 bridgehead atoms. The van der Waals surface area contributed by atoms with E-state index in [2.05, 4.69) is 42.7 Å². The average Bonchev–Trinajstić information content (AvgIpc) is 2.42. The number of nitrogens with two attached hydrogens (primary N) is 1. The van der Waals surface area contributed by atoms with E-state index in [1.54, 1.807) is 0 Å². The minimum atomic E-state index is -0.0837. The molecule has 0 aliphatic rings. The molecule has 2 rings (SSSR count). The summed E-state index contributed by atoms with van der Waals surface area (Å²) in [7, 11) is 0. The van der Waals surface area contributed by atoms with Gasteiger partial charge in [0, 0.05) is 5.02 Å². The lowest BCUT2D eigenvalue weighted by Gasteiger charge is -2.19. The summed E-state index contributed by atoms with van der Waals surface area (Å²) in [5, 5.41) is 0.741. The first-order chi connectivity index (χ1) is 9.15. The Morgan fingerprint density at radius 2 is 2.00 bits per heavy atom. The Morgan fingerprint density at radius 1 is 1.21 bits per heavy atom. The van der Waals surface area contributed by atoms with Crippen molar-refractivity contribution in [1.82, 2.24) is 5.43 Å². The van der Waals surface area contributed by atoms with Gasteiger partial charge in [-0.2, -0.15) is 0 Å². The molecule has 0 aliphatic heterocycles. The molecule has 0 saturated heterocycles. The molecular formula is C16H19ClN2. The third-order valence-electron chi connectivity index (χ3n) is 3.33. The third-order valence-corrected chi connectivity index (χ3v) is 3.65. The maximum absolute atomic E-state index is 6.33. The Morgan fingerprint density at radius 3 is 2.63 bits per heavy atom. The van der Waals surface area contributed by atoms with E-state index in [-0.39, 0.29) is 6.04 Å². The van der Waals surface area contributed by atoms with Crippen LogP contribution in [0.1, 0.15) is 35.2 Å². The first-order valence-corrected chi connectivity index (χ1v) is 6.84. The quantitative estimate of drug-likeness (QED) is 0.658. The highest BCUT2D eigenvalue weighted by atomic mass is 35.5. The number of hydrogen-bond acceptors (Lipinski definition) is 2. The summed E-state index contributed by atoms with van der Waals surface area (Å²) in [5.41, 5.74) is 7.43. The van der Waals surface area contributed by atoms with Crippen molar-refractivity contribution in [3.8, 4) is 0 Å². The molecule has 2 aromatic carbocycles. The molecule has 3 heteroatoms. The molecule has 3 N–H and O–H groups in total. The van der Waals surface area contributed by atoms with Gasteiger partial charge in [-0.25, -0.2) is 5.43 Å². The molecule has 1 unspecified atom stereocenters. The number of aryl methyl sites for hydroxylation is 2. The summed E-state index contributed by atoms with van der Waals surface area (Å²) in [6.45, 7) is 4.17. The van der Waals surface area contributed by atoms with E-state index in [1.165, 1.54) is 5.56 Å². The third kappa shape index (κ3) is 3.16. The van der Waals surface area contributed by atoms with E-state index >= 15 is 0 Å². The lowest BCUT2D eigenvalue weighted by molar-refractivity contribution is 0.636. The van der Waals surface area contributed by atoms with Crippen LogP contribution in [0, 0.1) is 6.92 Å². The van der Waals surface area contributed by atoms with Gasteiger partial charge in [-0.1, -0.05) is 54.9 Å². The van der Waals surface area contributed by atoms with Crippen molar-refractivity contribution in [3.05, 3.63) is 69.7 Å². The SMILES string of the molecule is CCc1cccc(C(NN)c2ccc(C)cc2Cl)c1. The Balaban J connectivity index is 2.43. The standard InChI is InChI=1S/C16H19ClN2/c1-3-12-5-4-6-13(10-12)16(19-18)14-8-7-11(2)9-15(14)17/h4-10,16,19H,3,18H2,1-2H3. The van der Waals surface area contributed by atoms with Crippen LogP contribution in [0.3, 0.4) is 0 Å². The lowest BCUT2D eigenvalue weighted by atomic mass is 9.96. The van der Waals surface area contributed by atoms with Crippen LogP contribution in [-0.2, 0) is 6.42 Å². The van der Waals surface area contributed by atoms with Crippen LogP contribution in [0.2, 0.25) is 5.02 Å². The van der Waals surface area contributed by atoms with Crippen molar-refractivity contribution in [3.63, 3.8) is 0 Å². The second kappa shape index (κ2) is 6.20. The van der Waals surface area contributed by atoms with Gasteiger partial charge >= 0.3 is 0 Å². The molecule has 0 fully saturated rings. The number of rotatable bonds is 4. The van der Waals surface area contributed by atoms with E-state index in [9.17, 15) is 0 Å². The van der Waals surface area contributed by atoms with Crippen LogP contribution in [0.15, 0.2) is 42.5 Å². The van der Waals surface area contributed by atoms with Crippen molar-refractivity contribution >= 4 is 11.6 Å². The highest BCUT2D eigenvalue weighted by molar-refractivity contribution is 6.31. The fourth-order valence-electron chi connectivity index (χ4n) is 2.22. The van der Waals surface area contributed by atoms with Gasteiger partial charge in [0.25, 0.3) is 0 Å². The minimum absolute atomic E-state index is 0.0837. The summed E-state index contributed by atoms with van der Waals surface area (Å²) in [6, 6.07) is 14.4. The lowest BCUT2D eigenvalue weighted by Crippen LogP contribution is -2.29. The molecule has 0 spiro atoms. The van der Waals surface area contributed by atoms with Crippen LogP contribution >= 0.6 is 11.6 Å². The summed E-state index contributed by atoms with van der Waals surface area (Å²) in [5.74, 6) is 5.73. The van der Waals surface area contributed by atoms with Crippen molar-refractivity contribution in [2.75, 3.05) is 0 Å². The number of benzene rings is 2. The maximum Gasteiger partial charge on any atom is 0.0724 e. The highest BCUT2D eigenvalue weighted by Crippen LogP contribution is 2.29. The molecule has 1 atom stereocenters. The predicted molar refractivity (Wildman–Crippen MR) is 81.2 cm³/mol. The first kappa shape index (κ1) is 14.1. The van der Waals surface area contributed by atoms with Crippen LogP contribution < -0.4 is 11.3 Å². The number of nitrogens with one attached hydrogen (secondary N) is 1. The number of halogens is 1. The van der Waals surface area contributed by atoms with E-state index in [0.29, 0.717) is 0 Å². The van der Waals surface area contributed by atoms with Crippen molar-refractivity contribution in [2.24, 2.45) is 5.84 Å². The molecular weight excluding hydrogens is 256 g/mol. The van der Waals surface area contributed by atoms with E-state index in [4.69, 9.17) is 17.4 Å². The van der Waals surface area contributed by atoms with Crippen LogP contribution in [0.5, 0.6) is 0 Å². The zero-order chi connectivity index (χ0) is 13.8. The van der Waals surface area contributed by atoms with Gasteiger partial charge in [-0.05, 0) is 41.7 Å². The Labute approximate surface area is 119 Å². The predicted octanol–water partition coefficient (Wildman–Crippen LogP) is 3.76. The van der Waals surface area contributed by atoms with Gasteiger partial charge < -0.3 is 0 Å². The Kier molecular flexibility index (Phi) is 4.59. The minimum Gasteiger partial charge on any atom is -0.271 e. The zero-order valence-electron chi connectivity index (χ0n) is 11.3. The average molecular weight is 275 g/mol. The Bertz CT molecular complexity index is 566. The fourth-order valence-corrected chi connectivity index (χ4v) is 2.57. The molecule has 0 amide bonds. The van der Waals surface area contributed by atoms with Gasteiger partial charge in [-0.15, -0.1) is 0 Å². The number of hydrazine groups is 1. The summed E-state index contributed by atoms with van der Waals surface area (Å²) >= 11 is 6.33. The van der Waals surface area contributed by atoms with Crippen LogP contribution in [-0.4, -0.2) is 0 Å². The van der Waals surface area contributed by atoms with E-state index in [0.717, 1.165) is 28.1 Å². The topological polar surface area (TPSA) is 38.0 Å². The largest absolute Gasteiger partial charge is 0.271 e. The second-order valence-corrected chi connectivity index (χ2v) is 5.13. The van der Waals surface area contributed by atoms with Crippen LogP contribution in [0.4, 0.5) is 0 Å². The Hall–Kier alpha value is -1.35. The molecule has 0 aliphatic carbocycles. The van der Waals surface area contributed by atoms with Gasteiger partial charge in [-0.3, -0.25) is 5.84 Å². The zero-order valence-corrected chi connectivity index (χ0v) is 12.0. The molecule has 0 heterocycles. The van der Waals surface area contributed by atoms with Gasteiger partial charge in [0.2, 0.25) is 0 Å². The van der Waals surface area contributed by atoms with Crippen molar-refractivity contribution < 1.29 is 0 Å². The summed E-state index contributed by atoms with van der Waals surface area (Å²) in [4.78, 5) is 0. The summed E-state index contributed by atoms with van der Waals surface area (Å²) < 4.78 is 0. The monoisotopic (exact) mass is 274 g/mol. The van der Waals surface area contributed by atoms with Crippen LogP contribution in [0.25, 0.3) is 0 Å². The molecule has 2 nitrogen and oxygen atoms in total. The highest BCUT2D eigenvalue weighted by Gasteiger charge is 2.15. The maximum atomic E-state index is 6.33. The molecule has 100 valence electrons. The van der Waals surface area contributed by atoms with Gasteiger partial charge in [0.15, 0.2) is 0 Å². The van der Waals surface area contributed by atoms with E-state index in [1.807, 2.05) is 19.1 Å². The molecule has 2 aromatic rings. The molecule has 0 saturated carbocycles. The normalized spacial score (nSPS) is 12.4. The fraction of sp³-hybridized carbons (Fsp3) is 0.250. The summed E-state index contributed by atoms with van der Waals surface area (Å²) in [6.07, 6.45) is 1.01. The molecule has 0 radical (unpaired) electrons. The van der Waals surface area contributed by atoms with Gasteiger partial charge in [0.05, 0.1) is 6.04 Å². The van der Waals surface area contributed by atoms with Crippen molar-refractivity contribution in [1.29, 1.82) is 0 Å². The number of hydrogen-bond donors (Lipinski definition) is 2. The molecule has 0 aromatic heterocycles. The first-order valence-electron chi connectivity index (χ1n) is 6.46. The molecule has 19 heavy (non-hydrogen) atoms. The van der Waals surface area contributed by atoms with Gasteiger partial charge in [0.1, 0.15) is 0 Å².